The predicted octanol–water partition coefficient (Wildman–Crippen LogP) is 3.60. The standard InChI is InChI=1S/C15H20O2/c1-17-15(16)14-10-4-9-13(11-14)8-3-7-12-5-2-6-12/h4,9-12H,2-3,5-8H2,1H3. The summed E-state index contributed by atoms with van der Waals surface area (Å²) < 4.78 is 4.72. The van der Waals surface area contributed by atoms with Gasteiger partial charge in [0, 0.05) is 0 Å². The van der Waals surface area contributed by atoms with Crippen LogP contribution in [0.25, 0.3) is 0 Å². The number of carbonyl (C=O) groups is 1. The molecular formula is C15H20O2. The van der Waals surface area contributed by atoms with E-state index in [4.69, 9.17) is 4.74 Å². The summed E-state index contributed by atoms with van der Waals surface area (Å²) in [5.41, 5.74) is 1.90. The molecule has 0 aliphatic heterocycles. The summed E-state index contributed by atoms with van der Waals surface area (Å²) in [5.74, 6) is 0.727. The molecule has 1 aliphatic rings. The maximum atomic E-state index is 11.4. The Kier molecular flexibility index (Phi) is 4.18. The third-order valence-corrected chi connectivity index (χ3v) is 3.65. The number of carbonyl (C=O) groups excluding carboxylic acids is 1. The molecule has 0 radical (unpaired) electrons. The molecule has 1 aromatic rings. The van der Waals surface area contributed by atoms with Gasteiger partial charge < -0.3 is 4.74 Å². The molecule has 1 saturated carbocycles. The quantitative estimate of drug-likeness (QED) is 0.725. The molecule has 0 N–H and O–H groups in total. The first kappa shape index (κ1) is 12.2. The van der Waals surface area contributed by atoms with Gasteiger partial charge in [-0.15, -0.1) is 0 Å². The third kappa shape index (κ3) is 3.32. The molecule has 0 atom stereocenters. The number of aryl methyl sites for hydroxylation is 1. The summed E-state index contributed by atoms with van der Waals surface area (Å²) in [6.45, 7) is 0. The van der Waals surface area contributed by atoms with Crippen molar-refractivity contribution in [1.82, 2.24) is 0 Å². The highest BCUT2D eigenvalue weighted by molar-refractivity contribution is 5.89. The van der Waals surface area contributed by atoms with Gasteiger partial charge in [-0.25, -0.2) is 4.79 Å². The van der Waals surface area contributed by atoms with Crippen molar-refractivity contribution in [2.45, 2.75) is 38.5 Å². The molecule has 0 unspecified atom stereocenters. The second-order valence-electron chi connectivity index (χ2n) is 4.88. The van der Waals surface area contributed by atoms with Crippen LogP contribution in [0.15, 0.2) is 24.3 Å². The fraction of sp³-hybridized carbons (Fsp3) is 0.533. The molecule has 1 aliphatic carbocycles. The van der Waals surface area contributed by atoms with Crippen LogP contribution in [0.1, 0.15) is 48.0 Å². The molecule has 0 saturated heterocycles. The van der Waals surface area contributed by atoms with Gasteiger partial charge in [0.1, 0.15) is 0 Å². The molecular weight excluding hydrogens is 212 g/mol. The topological polar surface area (TPSA) is 26.3 Å². The van der Waals surface area contributed by atoms with E-state index < -0.39 is 0 Å². The Labute approximate surface area is 103 Å². The van der Waals surface area contributed by atoms with Crippen molar-refractivity contribution in [3.05, 3.63) is 35.4 Å². The van der Waals surface area contributed by atoms with E-state index in [1.54, 1.807) is 6.07 Å². The minimum absolute atomic E-state index is 0.245. The molecule has 2 heteroatoms. The summed E-state index contributed by atoms with van der Waals surface area (Å²) in [6.07, 6.45) is 7.89. The lowest BCUT2D eigenvalue weighted by molar-refractivity contribution is 0.0600. The highest BCUT2D eigenvalue weighted by Crippen LogP contribution is 2.30. The van der Waals surface area contributed by atoms with E-state index in [1.165, 1.54) is 44.8 Å². The van der Waals surface area contributed by atoms with Gasteiger partial charge in [-0.3, -0.25) is 0 Å². The molecule has 2 nitrogen and oxygen atoms in total. The Morgan fingerprint density at radius 1 is 1.41 bits per heavy atom. The Balaban J connectivity index is 1.84. The lowest BCUT2D eigenvalue weighted by Crippen LogP contribution is -2.10. The predicted molar refractivity (Wildman–Crippen MR) is 68.1 cm³/mol. The zero-order valence-corrected chi connectivity index (χ0v) is 10.4. The average molecular weight is 232 g/mol. The Bertz CT molecular complexity index is 380. The van der Waals surface area contributed by atoms with E-state index >= 15 is 0 Å². The smallest absolute Gasteiger partial charge is 0.337 e. The van der Waals surface area contributed by atoms with Gasteiger partial charge >= 0.3 is 5.97 Å². The molecule has 1 aromatic carbocycles. The largest absolute Gasteiger partial charge is 0.465 e. The molecule has 0 aromatic heterocycles. The van der Waals surface area contributed by atoms with Crippen molar-refractivity contribution in [3.8, 4) is 0 Å². The van der Waals surface area contributed by atoms with E-state index in [-0.39, 0.29) is 5.97 Å². The SMILES string of the molecule is COC(=O)c1cccc(CCCC2CCC2)c1. The molecule has 2 rings (SSSR count). The molecule has 0 bridgehead atoms. The molecule has 0 heterocycles. The Hall–Kier alpha value is -1.31. The van der Waals surface area contributed by atoms with Gasteiger partial charge in [0.05, 0.1) is 12.7 Å². The summed E-state index contributed by atoms with van der Waals surface area (Å²) in [7, 11) is 1.42. The van der Waals surface area contributed by atoms with Gasteiger partial charge in [-0.05, 0) is 36.5 Å². The molecule has 0 spiro atoms. The van der Waals surface area contributed by atoms with Gasteiger partial charge in [-0.2, -0.15) is 0 Å². The van der Waals surface area contributed by atoms with Crippen LogP contribution in [0, 0.1) is 5.92 Å². The zero-order valence-electron chi connectivity index (χ0n) is 10.4. The number of hydrogen-bond acceptors (Lipinski definition) is 2. The summed E-state index contributed by atoms with van der Waals surface area (Å²) >= 11 is 0. The highest BCUT2D eigenvalue weighted by Gasteiger charge is 2.16. The first-order chi connectivity index (χ1) is 8.29. The number of hydrogen-bond donors (Lipinski definition) is 0. The van der Waals surface area contributed by atoms with Crippen LogP contribution in [0.4, 0.5) is 0 Å². The van der Waals surface area contributed by atoms with Crippen LogP contribution in [-0.2, 0) is 11.2 Å². The van der Waals surface area contributed by atoms with Gasteiger partial charge in [0.15, 0.2) is 0 Å². The maximum absolute atomic E-state index is 11.4. The Morgan fingerprint density at radius 3 is 2.88 bits per heavy atom. The van der Waals surface area contributed by atoms with Crippen LogP contribution in [0.5, 0.6) is 0 Å². The zero-order chi connectivity index (χ0) is 12.1. The van der Waals surface area contributed by atoms with Crippen molar-refractivity contribution < 1.29 is 9.53 Å². The minimum atomic E-state index is -0.245. The van der Waals surface area contributed by atoms with Crippen LogP contribution in [-0.4, -0.2) is 13.1 Å². The Morgan fingerprint density at radius 2 is 2.24 bits per heavy atom. The van der Waals surface area contributed by atoms with Gasteiger partial charge in [0.25, 0.3) is 0 Å². The molecule has 17 heavy (non-hydrogen) atoms. The van der Waals surface area contributed by atoms with E-state index in [1.807, 2.05) is 12.1 Å². The lowest BCUT2D eigenvalue weighted by atomic mass is 9.81. The lowest BCUT2D eigenvalue weighted by Gasteiger charge is -2.25. The third-order valence-electron chi connectivity index (χ3n) is 3.65. The number of methoxy groups -OCH3 is 1. The van der Waals surface area contributed by atoms with Gasteiger partial charge in [0.2, 0.25) is 0 Å². The summed E-state index contributed by atoms with van der Waals surface area (Å²) in [5, 5.41) is 0. The molecule has 1 fully saturated rings. The van der Waals surface area contributed by atoms with E-state index in [0.29, 0.717) is 5.56 Å². The maximum Gasteiger partial charge on any atom is 0.337 e. The highest BCUT2D eigenvalue weighted by atomic mass is 16.5. The fourth-order valence-corrected chi connectivity index (χ4v) is 2.35. The summed E-state index contributed by atoms with van der Waals surface area (Å²) in [4.78, 5) is 11.4. The minimum Gasteiger partial charge on any atom is -0.465 e. The van der Waals surface area contributed by atoms with E-state index in [0.717, 1.165) is 12.3 Å². The summed E-state index contributed by atoms with van der Waals surface area (Å²) in [6, 6.07) is 7.78. The van der Waals surface area contributed by atoms with E-state index in [9.17, 15) is 4.79 Å². The number of esters is 1. The van der Waals surface area contributed by atoms with Crippen molar-refractivity contribution in [2.75, 3.05) is 7.11 Å². The van der Waals surface area contributed by atoms with Crippen molar-refractivity contribution in [3.63, 3.8) is 0 Å². The van der Waals surface area contributed by atoms with Crippen molar-refractivity contribution in [1.29, 1.82) is 0 Å². The molecule has 0 amide bonds. The van der Waals surface area contributed by atoms with E-state index in [2.05, 4.69) is 6.07 Å². The van der Waals surface area contributed by atoms with Crippen molar-refractivity contribution in [2.24, 2.45) is 5.92 Å². The first-order valence-corrected chi connectivity index (χ1v) is 6.47. The van der Waals surface area contributed by atoms with Crippen LogP contribution < -0.4 is 0 Å². The van der Waals surface area contributed by atoms with Crippen molar-refractivity contribution >= 4 is 5.97 Å². The van der Waals surface area contributed by atoms with Crippen LogP contribution >= 0.6 is 0 Å². The number of benzene rings is 1. The van der Waals surface area contributed by atoms with Crippen LogP contribution in [0.3, 0.4) is 0 Å². The second-order valence-corrected chi connectivity index (χ2v) is 4.88. The normalized spacial score (nSPS) is 15.4. The average Bonchev–Trinajstić information content (AvgIpc) is 2.32. The fourth-order valence-electron chi connectivity index (χ4n) is 2.35. The number of ether oxygens (including phenoxy) is 1. The molecule has 92 valence electrons. The number of rotatable bonds is 5. The second kappa shape index (κ2) is 5.85. The first-order valence-electron chi connectivity index (χ1n) is 6.47. The monoisotopic (exact) mass is 232 g/mol. The van der Waals surface area contributed by atoms with Gasteiger partial charge in [-0.1, -0.05) is 37.8 Å². The van der Waals surface area contributed by atoms with Crippen LogP contribution in [0.2, 0.25) is 0 Å².